The lowest BCUT2D eigenvalue weighted by atomic mass is 10.0. The van der Waals surface area contributed by atoms with Crippen molar-refractivity contribution in [2.75, 3.05) is 10.6 Å². The third-order valence-corrected chi connectivity index (χ3v) is 4.35. The molecule has 2 aromatic heterocycles. The topological polar surface area (TPSA) is 82.9 Å². The summed E-state index contributed by atoms with van der Waals surface area (Å²) < 4.78 is 5.42. The van der Waals surface area contributed by atoms with Gasteiger partial charge in [-0.25, -0.2) is 4.98 Å². The average molecular weight is 342 g/mol. The first-order valence-electron chi connectivity index (χ1n) is 8.19. The molecule has 0 atom stereocenters. The Morgan fingerprint density at radius 3 is 2.85 bits per heavy atom. The van der Waals surface area contributed by atoms with Gasteiger partial charge in [0, 0.05) is 23.0 Å². The van der Waals surface area contributed by atoms with Crippen LogP contribution in [0.1, 0.15) is 5.56 Å². The Morgan fingerprint density at radius 2 is 2.00 bits per heavy atom. The molecule has 6 nitrogen and oxygen atoms in total. The maximum absolute atomic E-state index is 12.3. The summed E-state index contributed by atoms with van der Waals surface area (Å²) in [7, 11) is 0. The molecule has 126 valence electrons. The predicted molar refractivity (Wildman–Crippen MR) is 100 cm³/mol. The van der Waals surface area contributed by atoms with Crippen molar-refractivity contribution in [1.82, 2.24) is 9.97 Å². The zero-order chi connectivity index (χ0) is 17.5. The van der Waals surface area contributed by atoms with Crippen LogP contribution < -0.4 is 10.6 Å². The van der Waals surface area contributed by atoms with E-state index < -0.39 is 0 Å². The zero-order valence-corrected chi connectivity index (χ0v) is 13.6. The number of nitrogens with zero attached hydrogens (tertiary/aromatic N) is 1. The molecule has 2 aromatic carbocycles. The third kappa shape index (κ3) is 2.36. The van der Waals surface area contributed by atoms with Gasteiger partial charge >= 0.3 is 0 Å². The standard InChI is InChI=1S/C20H14N4O2/c25-19-14(11-21-20-23-15-4-1-2-5-16(15)24-20)13-8-7-12(10-17(13)22-19)18-6-3-9-26-18/h1-11H,(H,22,25)(H2,21,23,24). The highest BCUT2D eigenvalue weighted by Crippen LogP contribution is 2.35. The normalized spacial score (nSPS) is 14.6. The van der Waals surface area contributed by atoms with Gasteiger partial charge in [-0.1, -0.05) is 24.3 Å². The van der Waals surface area contributed by atoms with E-state index in [0.717, 1.165) is 33.6 Å². The molecule has 0 bridgehead atoms. The molecular formula is C20H14N4O2. The number of furan rings is 1. The maximum atomic E-state index is 12.3. The first-order valence-corrected chi connectivity index (χ1v) is 8.19. The number of hydrogen-bond acceptors (Lipinski definition) is 4. The number of rotatable bonds is 3. The summed E-state index contributed by atoms with van der Waals surface area (Å²) in [5.74, 6) is 1.20. The van der Waals surface area contributed by atoms with Crippen LogP contribution in [0.2, 0.25) is 0 Å². The van der Waals surface area contributed by atoms with Crippen LogP contribution in [0.3, 0.4) is 0 Å². The van der Waals surface area contributed by atoms with Gasteiger partial charge in [-0.3, -0.25) is 4.79 Å². The Hall–Kier alpha value is -3.80. The lowest BCUT2D eigenvalue weighted by Crippen LogP contribution is -2.05. The average Bonchev–Trinajstić information content (AvgIpc) is 3.37. The minimum atomic E-state index is -0.153. The van der Waals surface area contributed by atoms with Crippen LogP contribution in [-0.4, -0.2) is 15.9 Å². The zero-order valence-electron chi connectivity index (χ0n) is 13.6. The van der Waals surface area contributed by atoms with E-state index in [1.165, 1.54) is 0 Å². The lowest BCUT2D eigenvalue weighted by Gasteiger charge is -2.02. The molecule has 1 aliphatic rings. The number of hydrogen-bond donors (Lipinski definition) is 3. The number of imidazole rings is 1. The van der Waals surface area contributed by atoms with Crippen LogP contribution in [0.15, 0.2) is 71.5 Å². The summed E-state index contributed by atoms with van der Waals surface area (Å²) >= 11 is 0. The Balaban J connectivity index is 1.46. The Bertz CT molecular complexity index is 1120. The molecule has 3 N–H and O–H groups in total. The van der Waals surface area contributed by atoms with Crippen LogP contribution in [0.5, 0.6) is 0 Å². The Kier molecular flexibility index (Phi) is 3.15. The minimum Gasteiger partial charge on any atom is -0.464 e. The van der Waals surface area contributed by atoms with E-state index in [1.807, 2.05) is 54.6 Å². The van der Waals surface area contributed by atoms with Crippen molar-refractivity contribution in [2.45, 2.75) is 0 Å². The molecule has 0 fully saturated rings. The number of H-pyrrole nitrogens is 1. The minimum absolute atomic E-state index is 0.153. The van der Waals surface area contributed by atoms with E-state index in [4.69, 9.17) is 4.42 Å². The van der Waals surface area contributed by atoms with E-state index >= 15 is 0 Å². The molecule has 0 aliphatic carbocycles. The number of benzene rings is 2. The first-order chi connectivity index (χ1) is 12.8. The van der Waals surface area contributed by atoms with Crippen LogP contribution in [0.25, 0.3) is 27.9 Å². The number of carbonyl (C=O) groups is 1. The van der Waals surface area contributed by atoms with Gasteiger partial charge < -0.3 is 20.0 Å². The molecular weight excluding hydrogens is 328 g/mol. The van der Waals surface area contributed by atoms with Crippen LogP contribution in [0.4, 0.5) is 11.6 Å². The first kappa shape index (κ1) is 14.5. The summed E-state index contributed by atoms with van der Waals surface area (Å²) in [6.45, 7) is 0. The number of amides is 1. The van der Waals surface area contributed by atoms with E-state index in [0.29, 0.717) is 11.5 Å². The molecule has 0 unspecified atom stereocenters. The lowest BCUT2D eigenvalue weighted by molar-refractivity contribution is -0.110. The smallest absolute Gasteiger partial charge is 0.257 e. The van der Waals surface area contributed by atoms with Crippen molar-refractivity contribution < 1.29 is 9.21 Å². The summed E-state index contributed by atoms with van der Waals surface area (Å²) in [6, 6.07) is 17.2. The number of carbonyl (C=O) groups excluding carboxylic acids is 1. The molecule has 0 saturated carbocycles. The van der Waals surface area contributed by atoms with Crippen molar-refractivity contribution in [3.63, 3.8) is 0 Å². The number of para-hydroxylation sites is 2. The summed E-state index contributed by atoms with van der Waals surface area (Å²) in [5.41, 5.74) is 4.89. The molecule has 0 radical (unpaired) electrons. The molecule has 5 rings (SSSR count). The van der Waals surface area contributed by atoms with Crippen LogP contribution >= 0.6 is 0 Å². The van der Waals surface area contributed by atoms with Crippen molar-refractivity contribution in [3.05, 3.63) is 72.6 Å². The predicted octanol–water partition coefficient (Wildman–Crippen LogP) is 4.23. The fourth-order valence-electron chi connectivity index (χ4n) is 3.10. The van der Waals surface area contributed by atoms with Gasteiger partial charge in [0.2, 0.25) is 5.95 Å². The highest BCUT2D eigenvalue weighted by molar-refractivity contribution is 6.31. The van der Waals surface area contributed by atoms with Crippen molar-refractivity contribution >= 4 is 34.1 Å². The number of fused-ring (bicyclic) bond motifs is 2. The van der Waals surface area contributed by atoms with Crippen LogP contribution in [-0.2, 0) is 4.79 Å². The fraction of sp³-hybridized carbons (Fsp3) is 0. The molecule has 4 aromatic rings. The number of anilines is 2. The number of aromatic nitrogens is 2. The highest BCUT2D eigenvalue weighted by Gasteiger charge is 2.24. The quantitative estimate of drug-likeness (QED) is 0.487. The van der Waals surface area contributed by atoms with Gasteiger partial charge in [0.1, 0.15) is 5.76 Å². The van der Waals surface area contributed by atoms with E-state index in [2.05, 4.69) is 20.6 Å². The third-order valence-electron chi connectivity index (χ3n) is 4.35. The summed E-state index contributed by atoms with van der Waals surface area (Å²) in [5, 5.41) is 5.97. The fourth-order valence-corrected chi connectivity index (χ4v) is 3.10. The van der Waals surface area contributed by atoms with Crippen molar-refractivity contribution in [1.29, 1.82) is 0 Å². The molecule has 0 saturated heterocycles. The summed E-state index contributed by atoms with van der Waals surface area (Å²) in [6.07, 6.45) is 3.30. The van der Waals surface area contributed by atoms with Crippen molar-refractivity contribution in [2.24, 2.45) is 0 Å². The van der Waals surface area contributed by atoms with Gasteiger partial charge in [-0.2, -0.15) is 0 Å². The SMILES string of the molecule is O=C1Nc2cc(-c3ccco3)ccc2C1=CNc1nc2ccccc2[nH]1. The van der Waals surface area contributed by atoms with E-state index in [-0.39, 0.29) is 5.91 Å². The Labute approximate surface area is 148 Å². The van der Waals surface area contributed by atoms with E-state index in [1.54, 1.807) is 12.5 Å². The molecule has 1 aliphatic heterocycles. The molecule has 3 heterocycles. The van der Waals surface area contributed by atoms with Gasteiger partial charge in [0.05, 0.1) is 22.9 Å². The second kappa shape index (κ2) is 5.63. The molecule has 26 heavy (non-hydrogen) atoms. The van der Waals surface area contributed by atoms with E-state index in [9.17, 15) is 4.79 Å². The summed E-state index contributed by atoms with van der Waals surface area (Å²) in [4.78, 5) is 20.0. The highest BCUT2D eigenvalue weighted by atomic mass is 16.3. The molecule has 6 heteroatoms. The van der Waals surface area contributed by atoms with Gasteiger partial charge in [-0.15, -0.1) is 0 Å². The monoisotopic (exact) mass is 342 g/mol. The Morgan fingerprint density at radius 1 is 1.08 bits per heavy atom. The maximum Gasteiger partial charge on any atom is 0.257 e. The molecule has 0 spiro atoms. The van der Waals surface area contributed by atoms with Crippen molar-refractivity contribution in [3.8, 4) is 11.3 Å². The largest absolute Gasteiger partial charge is 0.464 e. The number of aromatic amines is 1. The number of nitrogens with one attached hydrogen (secondary N) is 3. The second-order valence-electron chi connectivity index (χ2n) is 6.00. The van der Waals surface area contributed by atoms with Gasteiger partial charge in [-0.05, 0) is 30.3 Å². The van der Waals surface area contributed by atoms with Gasteiger partial charge in [0.25, 0.3) is 5.91 Å². The van der Waals surface area contributed by atoms with Gasteiger partial charge in [0.15, 0.2) is 0 Å². The second-order valence-corrected chi connectivity index (χ2v) is 6.00. The van der Waals surface area contributed by atoms with Crippen LogP contribution in [0, 0.1) is 0 Å². The molecule has 1 amide bonds.